The molecular formula is C16H18Cl2N2O3. The first-order valence-electron chi connectivity index (χ1n) is 7.63. The van der Waals surface area contributed by atoms with Gasteiger partial charge in [-0.05, 0) is 37.3 Å². The second-order valence-corrected chi connectivity index (χ2v) is 7.11. The number of rotatable bonds is 2. The number of carbonyl (C=O) groups is 2. The van der Waals surface area contributed by atoms with Crippen molar-refractivity contribution >= 4 is 35.0 Å². The molecule has 7 heteroatoms. The molecule has 3 aliphatic rings. The van der Waals surface area contributed by atoms with Crippen molar-refractivity contribution in [2.24, 2.45) is 5.92 Å². The van der Waals surface area contributed by atoms with Crippen LogP contribution in [0.5, 0.6) is 5.75 Å². The van der Waals surface area contributed by atoms with Crippen molar-refractivity contribution < 1.29 is 14.7 Å². The molecule has 2 bridgehead atoms. The maximum atomic E-state index is 12.5. The second kappa shape index (κ2) is 6.21. The van der Waals surface area contributed by atoms with Crippen LogP contribution in [0.15, 0.2) is 12.1 Å². The molecule has 0 spiro atoms. The molecule has 4 rings (SSSR count). The molecule has 3 fully saturated rings. The number of nitrogens with one attached hydrogen (secondary N) is 1. The number of hydrogen-bond acceptors (Lipinski definition) is 3. The van der Waals surface area contributed by atoms with Crippen molar-refractivity contribution in [1.82, 2.24) is 10.2 Å². The van der Waals surface area contributed by atoms with Crippen molar-refractivity contribution in [2.45, 2.75) is 38.3 Å². The molecule has 1 saturated carbocycles. The quantitative estimate of drug-likeness (QED) is 0.855. The van der Waals surface area contributed by atoms with Gasteiger partial charge < -0.3 is 15.3 Å². The highest BCUT2D eigenvalue weighted by atomic mass is 35.5. The van der Waals surface area contributed by atoms with Gasteiger partial charge in [-0.15, -0.1) is 0 Å². The summed E-state index contributed by atoms with van der Waals surface area (Å²) in [6.07, 6.45) is 2.71. The van der Waals surface area contributed by atoms with Gasteiger partial charge >= 0.3 is 0 Å². The zero-order valence-electron chi connectivity index (χ0n) is 12.7. The van der Waals surface area contributed by atoms with E-state index in [0.717, 1.165) is 19.3 Å². The van der Waals surface area contributed by atoms with Gasteiger partial charge in [0.2, 0.25) is 5.91 Å². The lowest BCUT2D eigenvalue weighted by atomic mass is 9.76. The van der Waals surface area contributed by atoms with E-state index in [-0.39, 0.29) is 46.2 Å². The average molecular weight is 357 g/mol. The van der Waals surface area contributed by atoms with Gasteiger partial charge in [-0.25, -0.2) is 0 Å². The number of benzene rings is 1. The van der Waals surface area contributed by atoms with E-state index in [4.69, 9.17) is 23.2 Å². The Bertz CT molecular complexity index is 665. The summed E-state index contributed by atoms with van der Waals surface area (Å²) >= 11 is 11.8. The summed E-state index contributed by atoms with van der Waals surface area (Å²) in [6.45, 7) is 2.26. The summed E-state index contributed by atoms with van der Waals surface area (Å²) in [5.41, 5.74) is 0.0763. The number of nitrogens with zero attached hydrogens (tertiary/aromatic N) is 1. The molecule has 0 radical (unpaired) electrons. The average Bonchev–Trinajstić information content (AvgIpc) is 2.51. The molecule has 124 valence electrons. The number of hydrogen-bond donors (Lipinski definition) is 2. The Labute approximate surface area is 144 Å². The highest BCUT2D eigenvalue weighted by Gasteiger charge is 2.42. The van der Waals surface area contributed by atoms with Crippen molar-refractivity contribution in [3.8, 4) is 5.75 Å². The van der Waals surface area contributed by atoms with Crippen molar-refractivity contribution in [1.29, 1.82) is 0 Å². The van der Waals surface area contributed by atoms with E-state index in [1.54, 1.807) is 6.92 Å². The molecule has 0 unspecified atom stereocenters. The lowest BCUT2D eigenvalue weighted by molar-refractivity contribution is -0.137. The highest BCUT2D eigenvalue weighted by Crippen LogP contribution is 2.36. The summed E-state index contributed by atoms with van der Waals surface area (Å²) in [5, 5.41) is 13.3. The first-order valence-corrected chi connectivity index (χ1v) is 8.38. The van der Waals surface area contributed by atoms with Crippen LogP contribution in [0.3, 0.4) is 0 Å². The van der Waals surface area contributed by atoms with Gasteiger partial charge in [-0.3, -0.25) is 9.59 Å². The Balaban J connectivity index is 1.74. The largest absolute Gasteiger partial charge is 0.506 e. The molecule has 1 aromatic rings. The van der Waals surface area contributed by atoms with Crippen LogP contribution in [0.25, 0.3) is 0 Å². The number of piperidine rings is 2. The third-order valence-electron chi connectivity index (χ3n) is 4.83. The number of halogens is 2. The van der Waals surface area contributed by atoms with E-state index in [1.807, 2.05) is 4.90 Å². The van der Waals surface area contributed by atoms with Crippen LogP contribution in [0.2, 0.25) is 10.0 Å². The zero-order valence-corrected chi connectivity index (χ0v) is 14.2. The maximum Gasteiger partial charge on any atom is 0.255 e. The van der Waals surface area contributed by atoms with Crippen molar-refractivity contribution in [3.63, 3.8) is 0 Å². The smallest absolute Gasteiger partial charge is 0.255 e. The lowest BCUT2D eigenvalue weighted by Crippen LogP contribution is -2.59. The van der Waals surface area contributed by atoms with Crippen LogP contribution < -0.4 is 5.32 Å². The van der Waals surface area contributed by atoms with Gasteiger partial charge in [0.1, 0.15) is 5.75 Å². The third-order valence-corrected chi connectivity index (χ3v) is 5.34. The molecule has 2 amide bonds. The van der Waals surface area contributed by atoms with Crippen LogP contribution in [0.4, 0.5) is 0 Å². The summed E-state index contributed by atoms with van der Waals surface area (Å²) in [7, 11) is 0. The number of amides is 2. The number of fused-ring (bicyclic) bond motifs is 3. The lowest BCUT2D eigenvalue weighted by Gasteiger charge is -2.49. The van der Waals surface area contributed by atoms with E-state index < -0.39 is 0 Å². The predicted molar refractivity (Wildman–Crippen MR) is 87.9 cm³/mol. The first-order chi connectivity index (χ1) is 10.9. The van der Waals surface area contributed by atoms with Gasteiger partial charge in [0.25, 0.3) is 5.91 Å². The summed E-state index contributed by atoms with van der Waals surface area (Å²) in [4.78, 5) is 26.0. The van der Waals surface area contributed by atoms with Gasteiger partial charge in [0.05, 0.1) is 10.6 Å². The maximum absolute atomic E-state index is 12.5. The number of phenolic OH excluding ortho intramolecular Hbond substituents is 1. The highest BCUT2D eigenvalue weighted by molar-refractivity contribution is 6.36. The standard InChI is InChI=1S/C16H18Cl2N2O3/c1-8(21)20-7-9-2-3-11(20)6-14(9)19-16(23)12-4-10(17)5-13(18)15(12)22/h4-5,9,11,14,22H,2-3,6-7H2,1H3,(H,19,23)/t9-,11-,14-/m1/s1. The molecule has 2 aliphatic heterocycles. The Hall–Kier alpha value is -1.46. The monoisotopic (exact) mass is 356 g/mol. The minimum absolute atomic E-state index is 0.00555. The Morgan fingerprint density at radius 1 is 1.30 bits per heavy atom. The van der Waals surface area contributed by atoms with Crippen molar-refractivity contribution in [2.75, 3.05) is 6.54 Å². The molecule has 3 atom stereocenters. The van der Waals surface area contributed by atoms with Gasteiger partial charge in [-0.2, -0.15) is 0 Å². The molecule has 23 heavy (non-hydrogen) atoms. The van der Waals surface area contributed by atoms with E-state index in [0.29, 0.717) is 11.6 Å². The Morgan fingerprint density at radius 3 is 2.65 bits per heavy atom. The molecule has 5 nitrogen and oxygen atoms in total. The van der Waals surface area contributed by atoms with E-state index in [2.05, 4.69) is 5.32 Å². The van der Waals surface area contributed by atoms with Crippen LogP contribution in [0, 0.1) is 5.92 Å². The van der Waals surface area contributed by atoms with Crippen LogP contribution >= 0.6 is 23.2 Å². The molecule has 0 aromatic heterocycles. The summed E-state index contributed by atoms with van der Waals surface area (Å²) in [5.74, 6) is -0.327. The Kier molecular flexibility index (Phi) is 4.43. The number of phenols is 1. The summed E-state index contributed by atoms with van der Waals surface area (Å²) < 4.78 is 0. The molecule has 1 aliphatic carbocycles. The van der Waals surface area contributed by atoms with Gasteiger partial charge in [0, 0.05) is 30.6 Å². The van der Waals surface area contributed by atoms with E-state index >= 15 is 0 Å². The molecular weight excluding hydrogens is 339 g/mol. The van der Waals surface area contributed by atoms with E-state index in [1.165, 1.54) is 12.1 Å². The zero-order chi connectivity index (χ0) is 16.7. The number of aromatic hydroxyl groups is 1. The van der Waals surface area contributed by atoms with Crippen molar-refractivity contribution in [3.05, 3.63) is 27.7 Å². The topological polar surface area (TPSA) is 69.6 Å². The SMILES string of the molecule is CC(=O)N1C[C@H]2CC[C@@H]1C[C@H]2NC(=O)c1cc(Cl)cc(Cl)c1O. The minimum atomic E-state index is -0.390. The second-order valence-electron chi connectivity index (χ2n) is 6.26. The predicted octanol–water partition coefficient (Wildman–Crippen LogP) is 2.83. The molecule has 1 aromatic carbocycles. The van der Waals surface area contributed by atoms with E-state index in [9.17, 15) is 14.7 Å². The molecule has 2 saturated heterocycles. The summed E-state index contributed by atoms with van der Waals surface area (Å²) in [6, 6.07) is 2.97. The van der Waals surface area contributed by atoms with Crippen LogP contribution in [-0.2, 0) is 4.79 Å². The minimum Gasteiger partial charge on any atom is -0.506 e. The van der Waals surface area contributed by atoms with Crippen LogP contribution in [0.1, 0.15) is 36.5 Å². The molecule has 2 N–H and O–H groups in total. The first kappa shape index (κ1) is 16.4. The van der Waals surface area contributed by atoms with Gasteiger partial charge in [0.15, 0.2) is 0 Å². The van der Waals surface area contributed by atoms with Gasteiger partial charge in [-0.1, -0.05) is 23.2 Å². The normalized spacial score (nSPS) is 26.2. The van der Waals surface area contributed by atoms with Crippen LogP contribution in [-0.4, -0.2) is 40.4 Å². The third kappa shape index (κ3) is 3.12. The molecule has 2 heterocycles. The Morgan fingerprint density at radius 2 is 2.04 bits per heavy atom. The fourth-order valence-electron chi connectivity index (χ4n) is 3.66. The fraction of sp³-hybridized carbons (Fsp3) is 0.500. The fourth-order valence-corrected chi connectivity index (χ4v) is 4.16. The number of carbonyl (C=O) groups excluding carboxylic acids is 2.